The fourth-order valence-electron chi connectivity index (χ4n) is 2.29. The number of hydrogen-bond acceptors (Lipinski definition) is 5. The Morgan fingerprint density at radius 3 is 2.68 bits per heavy atom. The van der Waals surface area contributed by atoms with E-state index in [1.54, 1.807) is 18.2 Å². The van der Waals surface area contributed by atoms with Crippen LogP contribution in [0.1, 0.15) is 5.69 Å². The number of aromatic nitrogens is 1. The van der Waals surface area contributed by atoms with Gasteiger partial charge in [0.05, 0.1) is 18.5 Å². The quantitative estimate of drug-likeness (QED) is 0.602. The van der Waals surface area contributed by atoms with E-state index in [2.05, 4.69) is 11.7 Å². The summed E-state index contributed by atoms with van der Waals surface area (Å²) in [6.07, 6.45) is 2.91. The van der Waals surface area contributed by atoms with Crippen LogP contribution in [-0.4, -0.2) is 24.4 Å². The molecule has 0 saturated heterocycles. The van der Waals surface area contributed by atoms with Crippen LogP contribution in [0.3, 0.4) is 0 Å². The first-order valence-electron chi connectivity index (χ1n) is 7.37. The Morgan fingerprint density at radius 2 is 2.00 bits per heavy atom. The lowest BCUT2D eigenvalue weighted by Crippen LogP contribution is -2.31. The summed E-state index contributed by atoms with van der Waals surface area (Å²) in [7, 11) is -4.05. The molecule has 0 bridgehead atoms. The third kappa shape index (κ3) is 3.54. The molecule has 0 atom stereocenters. The molecule has 1 aromatic carbocycles. The average Bonchev–Trinajstić information content (AvgIpc) is 3.26. The van der Waals surface area contributed by atoms with Gasteiger partial charge in [0, 0.05) is 12.6 Å². The minimum absolute atomic E-state index is 0.000384. The molecule has 0 fully saturated rings. The van der Waals surface area contributed by atoms with E-state index in [4.69, 9.17) is 8.94 Å². The van der Waals surface area contributed by atoms with Gasteiger partial charge in [-0.1, -0.05) is 23.4 Å². The molecule has 0 aliphatic rings. The summed E-state index contributed by atoms with van der Waals surface area (Å²) in [5, 5.41) is 3.85. The molecule has 0 amide bonds. The van der Waals surface area contributed by atoms with E-state index in [0.717, 1.165) is 10.4 Å². The van der Waals surface area contributed by atoms with Crippen LogP contribution >= 0.6 is 0 Å². The average molecular weight is 362 g/mol. The largest absolute Gasteiger partial charge is 0.461 e. The van der Waals surface area contributed by atoms with E-state index in [1.807, 2.05) is 0 Å². The molecule has 0 radical (unpaired) electrons. The van der Waals surface area contributed by atoms with E-state index in [0.29, 0.717) is 17.2 Å². The third-order valence-corrected chi connectivity index (χ3v) is 5.29. The van der Waals surface area contributed by atoms with Crippen LogP contribution in [0, 0.1) is 5.82 Å². The Morgan fingerprint density at radius 1 is 1.20 bits per heavy atom. The van der Waals surface area contributed by atoms with Gasteiger partial charge in [-0.05, 0) is 24.3 Å². The molecule has 25 heavy (non-hydrogen) atoms. The molecular formula is C17H15FN2O4S. The van der Waals surface area contributed by atoms with Crippen molar-refractivity contribution in [3.63, 3.8) is 0 Å². The molecule has 3 rings (SSSR count). The zero-order valence-corrected chi connectivity index (χ0v) is 13.9. The zero-order valence-electron chi connectivity index (χ0n) is 13.1. The Kier molecular flexibility index (Phi) is 4.82. The number of nitrogens with zero attached hydrogens (tertiary/aromatic N) is 2. The lowest BCUT2D eigenvalue weighted by atomic mass is 10.3. The number of hydrogen-bond donors (Lipinski definition) is 0. The minimum Gasteiger partial charge on any atom is -0.461 e. The van der Waals surface area contributed by atoms with Crippen molar-refractivity contribution in [3.05, 3.63) is 72.9 Å². The number of rotatable bonds is 7. The normalized spacial score (nSPS) is 11.8. The summed E-state index contributed by atoms with van der Waals surface area (Å²) in [6, 6.07) is 10.2. The van der Waals surface area contributed by atoms with Crippen molar-refractivity contribution in [2.75, 3.05) is 6.54 Å². The highest BCUT2D eigenvalue weighted by atomic mass is 32.2. The van der Waals surface area contributed by atoms with Crippen LogP contribution in [0.25, 0.3) is 11.5 Å². The maximum Gasteiger partial charge on any atom is 0.246 e. The van der Waals surface area contributed by atoms with Gasteiger partial charge in [0.25, 0.3) is 0 Å². The third-order valence-electron chi connectivity index (χ3n) is 3.45. The van der Waals surface area contributed by atoms with Crippen molar-refractivity contribution in [1.29, 1.82) is 0 Å². The Labute approximate surface area is 144 Å². The highest BCUT2D eigenvalue weighted by Gasteiger charge is 2.27. The molecule has 3 aromatic rings. The van der Waals surface area contributed by atoms with Crippen molar-refractivity contribution < 1.29 is 21.7 Å². The predicted octanol–water partition coefficient (Wildman–Crippen LogP) is 3.45. The van der Waals surface area contributed by atoms with Crippen LogP contribution in [0.5, 0.6) is 0 Å². The van der Waals surface area contributed by atoms with Gasteiger partial charge in [-0.25, -0.2) is 12.8 Å². The lowest BCUT2D eigenvalue weighted by molar-refractivity contribution is 0.385. The van der Waals surface area contributed by atoms with E-state index < -0.39 is 20.7 Å². The second-order valence-corrected chi connectivity index (χ2v) is 7.08. The number of benzene rings is 1. The molecule has 6 nitrogen and oxygen atoms in total. The van der Waals surface area contributed by atoms with Gasteiger partial charge in [-0.2, -0.15) is 4.31 Å². The highest BCUT2D eigenvalue weighted by Crippen LogP contribution is 2.24. The van der Waals surface area contributed by atoms with Crippen molar-refractivity contribution in [2.24, 2.45) is 0 Å². The summed E-state index contributed by atoms with van der Waals surface area (Å²) in [4.78, 5) is -0.397. The molecule has 0 unspecified atom stereocenters. The Balaban J connectivity index is 1.89. The Bertz CT molecular complexity index is 964. The lowest BCUT2D eigenvalue weighted by Gasteiger charge is -2.19. The monoisotopic (exact) mass is 362 g/mol. The second kappa shape index (κ2) is 7.04. The molecule has 130 valence electrons. The topological polar surface area (TPSA) is 76.6 Å². The molecule has 0 saturated carbocycles. The number of sulfonamides is 1. The SMILES string of the molecule is C=CCN(Cc1cc(-c2ccco2)on1)S(=O)(=O)c1ccccc1F. The van der Waals surface area contributed by atoms with Gasteiger partial charge in [0.1, 0.15) is 10.7 Å². The number of furan rings is 1. The van der Waals surface area contributed by atoms with Crippen molar-refractivity contribution >= 4 is 10.0 Å². The van der Waals surface area contributed by atoms with E-state index in [9.17, 15) is 12.8 Å². The van der Waals surface area contributed by atoms with Gasteiger partial charge in [-0.15, -0.1) is 6.58 Å². The first-order valence-corrected chi connectivity index (χ1v) is 8.81. The van der Waals surface area contributed by atoms with Crippen molar-refractivity contribution in [2.45, 2.75) is 11.4 Å². The smallest absolute Gasteiger partial charge is 0.246 e. The van der Waals surface area contributed by atoms with Crippen LogP contribution in [0.2, 0.25) is 0 Å². The summed E-state index contributed by atoms with van der Waals surface area (Å²) >= 11 is 0. The first kappa shape index (κ1) is 17.1. The predicted molar refractivity (Wildman–Crippen MR) is 88.4 cm³/mol. The maximum atomic E-state index is 13.9. The summed E-state index contributed by atoms with van der Waals surface area (Å²) in [6.45, 7) is 3.47. The van der Waals surface area contributed by atoms with Crippen molar-refractivity contribution in [3.8, 4) is 11.5 Å². The van der Waals surface area contributed by atoms with Gasteiger partial charge < -0.3 is 8.94 Å². The summed E-state index contributed by atoms with van der Waals surface area (Å²) < 4.78 is 50.9. The fourth-order valence-corrected chi connectivity index (χ4v) is 3.73. The molecule has 2 heterocycles. The van der Waals surface area contributed by atoms with E-state index >= 15 is 0 Å². The fraction of sp³-hybridized carbons (Fsp3) is 0.118. The molecule has 0 spiro atoms. The van der Waals surface area contributed by atoms with E-state index in [-0.39, 0.29) is 13.1 Å². The van der Waals surface area contributed by atoms with Gasteiger partial charge >= 0.3 is 0 Å². The van der Waals surface area contributed by atoms with E-state index in [1.165, 1.54) is 30.5 Å². The number of halogens is 1. The van der Waals surface area contributed by atoms with Gasteiger partial charge in [-0.3, -0.25) is 0 Å². The van der Waals surface area contributed by atoms with Crippen LogP contribution < -0.4 is 0 Å². The van der Waals surface area contributed by atoms with Gasteiger partial charge in [0.15, 0.2) is 5.76 Å². The molecule has 8 heteroatoms. The highest BCUT2D eigenvalue weighted by molar-refractivity contribution is 7.89. The van der Waals surface area contributed by atoms with Crippen LogP contribution in [0.4, 0.5) is 4.39 Å². The Hall–Kier alpha value is -2.71. The molecule has 2 aromatic heterocycles. The maximum absolute atomic E-state index is 13.9. The first-order chi connectivity index (χ1) is 12.0. The zero-order chi connectivity index (χ0) is 17.9. The standard InChI is InChI=1S/C17H15FN2O4S/c1-2-9-20(25(21,22)17-8-4-3-6-14(17)18)12-13-11-16(24-19-13)15-7-5-10-23-15/h2-8,10-11H,1,9,12H2. The molecule has 0 aliphatic carbocycles. The van der Waals surface area contributed by atoms with Crippen molar-refractivity contribution in [1.82, 2.24) is 9.46 Å². The summed E-state index contributed by atoms with van der Waals surface area (Å²) in [5.41, 5.74) is 0.369. The molecule has 0 aliphatic heterocycles. The summed E-state index contributed by atoms with van der Waals surface area (Å²) in [5.74, 6) is 0.0424. The van der Waals surface area contributed by atoms with Gasteiger partial charge in [0.2, 0.25) is 15.8 Å². The van der Waals surface area contributed by atoms with Crippen LogP contribution in [0.15, 0.2) is 75.2 Å². The van der Waals surface area contributed by atoms with Crippen LogP contribution in [-0.2, 0) is 16.6 Å². The second-order valence-electron chi connectivity index (χ2n) is 5.18. The minimum atomic E-state index is -4.05. The molecular weight excluding hydrogens is 347 g/mol. The molecule has 0 N–H and O–H groups in total.